The first-order chi connectivity index (χ1) is 10.8. The molecule has 1 heterocycles. The lowest BCUT2D eigenvalue weighted by Crippen LogP contribution is -2.44. The first kappa shape index (κ1) is 16.0. The summed E-state index contributed by atoms with van der Waals surface area (Å²) in [6.45, 7) is 0. The minimum Gasteiger partial charge on any atom is -0.493 e. The van der Waals surface area contributed by atoms with E-state index in [0.717, 1.165) is 12.8 Å². The second-order valence-electron chi connectivity index (χ2n) is 6.20. The molecule has 2 aliphatic rings. The van der Waals surface area contributed by atoms with Crippen molar-refractivity contribution in [1.82, 2.24) is 5.32 Å². The Morgan fingerprint density at radius 3 is 2.43 bits per heavy atom. The largest absolute Gasteiger partial charge is 0.493 e. The lowest BCUT2D eigenvalue weighted by molar-refractivity contribution is -0.185. The molecule has 1 amide bonds. The zero-order chi connectivity index (χ0) is 16.7. The van der Waals surface area contributed by atoms with Gasteiger partial charge >= 0.3 is 0 Å². The Balaban J connectivity index is 1.91. The van der Waals surface area contributed by atoms with Crippen LogP contribution in [-0.4, -0.2) is 40.0 Å². The maximum Gasteiger partial charge on any atom is 0.254 e. The van der Waals surface area contributed by atoms with E-state index < -0.39 is 23.5 Å². The minimum atomic E-state index is -2.30. The summed E-state index contributed by atoms with van der Waals surface area (Å²) >= 11 is 0. The molecule has 1 aliphatic heterocycles. The van der Waals surface area contributed by atoms with E-state index in [4.69, 9.17) is 9.47 Å². The van der Waals surface area contributed by atoms with Crippen LogP contribution in [0.5, 0.6) is 11.5 Å². The zero-order valence-corrected chi connectivity index (χ0v) is 12.9. The van der Waals surface area contributed by atoms with Gasteiger partial charge in [0, 0.05) is 19.3 Å². The van der Waals surface area contributed by atoms with Gasteiger partial charge in [-0.1, -0.05) is 6.07 Å². The summed E-state index contributed by atoms with van der Waals surface area (Å²) in [6, 6.07) is 4.86. The van der Waals surface area contributed by atoms with Gasteiger partial charge in [0.05, 0.1) is 13.0 Å². The van der Waals surface area contributed by atoms with E-state index in [0.29, 0.717) is 29.9 Å². The van der Waals surface area contributed by atoms with Gasteiger partial charge < -0.3 is 30.1 Å². The second kappa shape index (κ2) is 5.67. The molecule has 1 aromatic carbocycles. The summed E-state index contributed by atoms with van der Waals surface area (Å²) in [4.78, 5) is 11.5. The van der Waals surface area contributed by atoms with Crippen molar-refractivity contribution in [2.45, 2.75) is 49.7 Å². The Kier molecular flexibility index (Phi) is 3.95. The van der Waals surface area contributed by atoms with Crippen LogP contribution in [0.4, 0.5) is 0 Å². The first-order valence-electron chi connectivity index (χ1n) is 7.68. The van der Waals surface area contributed by atoms with Crippen LogP contribution in [0.25, 0.3) is 0 Å². The van der Waals surface area contributed by atoms with Gasteiger partial charge in [-0.3, -0.25) is 4.79 Å². The molecule has 1 aromatic rings. The van der Waals surface area contributed by atoms with Crippen LogP contribution in [0.15, 0.2) is 18.2 Å². The molecule has 0 radical (unpaired) electrons. The fourth-order valence-corrected chi connectivity index (χ4v) is 3.25. The highest BCUT2D eigenvalue weighted by Gasteiger charge is 2.45. The summed E-state index contributed by atoms with van der Waals surface area (Å²) in [5, 5.41) is 32.4. The van der Waals surface area contributed by atoms with Gasteiger partial charge in [0.2, 0.25) is 11.7 Å². The van der Waals surface area contributed by atoms with Crippen molar-refractivity contribution in [2.24, 2.45) is 0 Å². The molecule has 7 nitrogen and oxygen atoms in total. The van der Waals surface area contributed by atoms with E-state index in [2.05, 4.69) is 5.32 Å². The van der Waals surface area contributed by atoms with Crippen LogP contribution in [0.3, 0.4) is 0 Å². The Hall–Kier alpha value is -1.83. The summed E-state index contributed by atoms with van der Waals surface area (Å²) < 4.78 is 11.0. The molecule has 0 spiro atoms. The molecule has 126 valence electrons. The number of nitrogens with one attached hydrogen (secondary N) is 1. The summed E-state index contributed by atoms with van der Waals surface area (Å²) in [5.74, 6) is -4.02. The van der Waals surface area contributed by atoms with Crippen LogP contribution >= 0.6 is 0 Å². The number of amides is 1. The highest BCUT2D eigenvalue weighted by molar-refractivity contribution is 5.80. The van der Waals surface area contributed by atoms with Crippen molar-refractivity contribution < 1.29 is 29.6 Å². The number of hydrogen-bond acceptors (Lipinski definition) is 6. The van der Waals surface area contributed by atoms with Crippen molar-refractivity contribution in [3.63, 3.8) is 0 Å². The molecular formula is C16H21NO6. The van der Waals surface area contributed by atoms with Crippen LogP contribution < -0.4 is 14.8 Å². The Morgan fingerprint density at radius 1 is 1.17 bits per heavy atom. The number of carbonyl (C=O) groups is 1. The van der Waals surface area contributed by atoms with E-state index in [1.54, 1.807) is 18.2 Å². The predicted octanol–water partition coefficient (Wildman–Crippen LogP) is 0.578. The number of hydrogen-bond donors (Lipinski definition) is 4. The van der Waals surface area contributed by atoms with Crippen molar-refractivity contribution in [1.29, 1.82) is 0 Å². The van der Waals surface area contributed by atoms with Gasteiger partial charge in [-0.15, -0.1) is 0 Å². The van der Waals surface area contributed by atoms with Gasteiger partial charge in [-0.2, -0.15) is 0 Å². The van der Waals surface area contributed by atoms with Gasteiger partial charge in [0.15, 0.2) is 11.5 Å². The topological polar surface area (TPSA) is 108 Å². The van der Waals surface area contributed by atoms with Gasteiger partial charge in [0.1, 0.15) is 0 Å². The maximum absolute atomic E-state index is 11.5. The fraction of sp³-hybridized carbons (Fsp3) is 0.562. The van der Waals surface area contributed by atoms with Crippen molar-refractivity contribution in [3.05, 3.63) is 23.8 Å². The monoisotopic (exact) mass is 323 g/mol. The van der Waals surface area contributed by atoms with E-state index in [9.17, 15) is 20.1 Å². The molecule has 1 unspecified atom stereocenters. The van der Waals surface area contributed by atoms with Gasteiger partial charge in [-0.25, -0.2) is 0 Å². The number of benzene rings is 1. The molecular weight excluding hydrogens is 302 g/mol. The van der Waals surface area contributed by atoms with E-state index in [1.807, 2.05) is 0 Å². The number of methoxy groups -OCH3 is 1. The van der Waals surface area contributed by atoms with Crippen LogP contribution in [0, 0.1) is 0 Å². The third kappa shape index (κ3) is 3.12. The smallest absolute Gasteiger partial charge is 0.254 e. The van der Waals surface area contributed by atoms with Gasteiger partial charge in [-0.05, 0) is 30.5 Å². The lowest BCUT2D eigenvalue weighted by Gasteiger charge is -2.27. The summed E-state index contributed by atoms with van der Waals surface area (Å²) in [7, 11) is 1.49. The molecule has 7 heteroatoms. The highest BCUT2D eigenvalue weighted by atomic mass is 16.6. The molecule has 3 rings (SSSR count). The molecule has 1 saturated carbocycles. The SMILES string of the molecule is COc1ccc(C2CC(=O)NC2(O)O)cc1OC1(O)CCCC1. The Morgan fingerprint density at radius 2 is 1.87 bits per heavy atom. The number of carbonyl (C=O) groups excluding carboxylic acids is 1. The maximum atomic E-state index is 11.5. The number of ether oxygens (including phenoxy) is 2. The molecule has 0 bridgehead atoms. The Bertz CT molecular complexity index is 609. The van der Waals surface area contributed by atoms with Crippen molar-refractivity contribution >= 4 is 5.91 Å². The third-order valence-corrected chi connectivity index (χ3v) is 4.47. The normalized spacial score (nSPS) is 25.2. The van der Waals surface area contributed by atoms with Crippen molar-refractivity contribution in [2.75, 3.05) is 7.11 Å². The summed E-state index contributed by atoms with van der Waals surface area (Å²) in [6.07, 6.45) is 2.80. The molecule has 0 aromatic heterocycles. The number of aliphatic hydroxyl groups is 3. The van der Waals surface area contributed by atoms with E-state index in [-0.39, 0.29) is 6.42 Å². The molecule has 23 heavy (non-hydrogen) atoms. The van der Waals surface area contributed by atoms with Gasteiger partial charge in [0.25, 0.3) is 5.91 Å². The van der Waals surface area contributed by atoms with Crippen molar-refractivity contribution in [3.8, 4) is 11.5 Å². The van der Waals surface area contributed by atoms with E-state index in [1.165, 1.54) is 7.11 Å². The average Bonchev–Trinajstić information content (AvgIpc) is 3.01. The lowest BCUT2D eigenvalue weighted by atomic mass is 9.94. The Labute approximate surface area is 133 Å². The first-order valence-corrected chi connectivity index (χ1v) is 7.68. The minimum absolute atomic E-state index is 0.0387. The highest BCUT2D eigenvalue weighted by Crippen LogP contribution is 2.41. The van der Waals surface area contributed by atoms with Crippen LogP contribution in [-0.2, 0) is 4.79 Å². The van der Waals surface area contributed by atoms with Crippen LogP contribution in [0.1, 0.15) is 43.6 Å². The quantitative estimate of drug-likeness (QED) is 0.604. The zero-order valence-electron chi connectivity index (χ0n) is 12.9. The average molecular weight is 323 g/mol. The standard InChI is InChI=1S/C16H21NO6/c1-22-12-5-4-10(11-9-14(18)17-16(11,20)21)8-13(12)23-15(19)6-2-3-7-15/h4-5,8,11,19-21H,2-3,6-7,9H2,1H3,(H,17,18). The van der Waals surface area contributed by atoms with E-state index >= 15 is 0 Å². The molecule has 1 aliphatic carbocycles. The molecule has 2 fully saturated rings. The number of rotatable bonds is 4. The molecule has 1 atom stereocenters. The molecule has 4 N–H and O–H groups in total. The molecule has 1 saturated heterocycles. The fourth-order valence-electron chi connectivity index (χ4n) is 3.25. The third-order valence-electron chi connectivity index (χ3n) is 4.47. The second-order valence-corrected chi connectivity index (χ2v) is 6.20. The summed E-state index contributed by atoms with van der Waals surface area (Å²) in [5.41, 5.74) is 0.519. The predicted molar refractivity (Wildman–Crippen MR) is 79.7 cm³/mol. The van der Waals surface area contributed by atoms with Crippen LogP contribution in [0.2, 0.25) is 0 Å².